The van der Waals surface area contributed by atoms with E-state index >= 15 is 0 Å². The molecule has 0 unspecified atom stereocenters. The van der Waals surface area contributed by atoms with E-state index in [0.717, 1.165) is 45.3 Å². The van der Waals surface area contributed by atoms with Crippen LogP contribution in [0.4, 0.5) is 0 Å². The predicted molar refractivity (Wildman–Crippen MR) is 104 cm³/mol. The van der Waals surface area contributed by atoms with E-state index in [2.05, 4.69) is 6.07 Å². The Morgan fingerprint density at radius 2 is 2.04 bits per heavy atom. The molecule has 3 saturated heterocycles. The maximum atomic E-state index is 12.9. The summed E-state index contributed by atoms with van der Waals surface area (Å²) >= 11 is 0. The molecule has 0 aliphatic carbocycles. The number of benzene rings is 1. The lowest BCUT2D eigenvalue weighted by molar-refractivity contribution is -0.141. The van der Waals surface area contributed by atoms with Gasteiger partial charge in [-0.3, -0.25) is 9.59 Å². The van der Waals surface area contributed by atoms with Crippen LogP contribution in [0, 0.1) is 16.7 Å². The number of nitriles is 1. The van der Waals surface area contributed by atoms with Gasteiger partial charge in [-0.25, -0.2) is 0 Å². The van der Waals surface area contributed by atoms with Crippen molar-refractivity contribution in [2.75, 3.05) is 32.8 Å². The first-order valence-corrected chi connectivity index (χ1v) is 10.3. The molecule has 0 aromatic heterocycles. The van der Waals surface area contributed by atoms with Gasteiger partial charge in [-0.05, 0) is 49.7 Å². The molecule has 1 aromatic rings. The zero-order valence-electron chi connectivity index (χ0n) is 16.2. The van der Waals surface area contributed by atoms with Crippen LogP contribution in [0.5, 0.6) is 0 Å². The third-order valence-corrected chi connectivity index (χ3v) is 6.59. The van der Waals surface area contributed by atoms with Crippen molar-refractivity contribution < 1.29 is 14.3 Å². The summed E-state index contributed by atoms with van der Waals surface area (Å²) in [5.74, 6) is 0.178. The molecule has 0 radical (unpaired) electrons. The van der Waals surface area contributed by atoms with Crippen molar-refractivity contribution in [1.82, 2.24) is 9.80 Å². The Morgan fingerprint density at radius 3 is 2.75 bits per heavy atom. The van der Waals surface area contributed by atoms with Crippen molar-refractivity contribution >= 4 is 11.8 Å². The summed E-state index contributed by atoms with van der Waals surface area (Å²) in [5.41, 5.74) is 1.02. The minimum Gasteiger partial charge on any atom is -0.376 e. The van der Waals surface area contributed by atoms with Gasteiger partial charge in [0.2, 0.25) is 5.91 Å². The van der Waals surface area contributed by atoms with Gasteiger partial charge in [-0.2, -0.15) is 5.26 Å². The highest BCUT2D eigenvalue weighted by atomic mass is 16.5. The van der Waals surface area contributed by atoms with E-state index in [4.69, 9.17) is 4.74 Å². The van der Waals surface area contributed by atoms with Crippen LogP contribution in [0.2, 0.25) is 0 Å². The van der Waals surface area contributed by atoms with Gasteiger partial charge in [-0.15, -0.1) is 0 Å². The summed E-state index contributed by atoms with van der Waals surface area (Å²) < 4.78 is 5.73. The fourth-order valence-electron chi connectivity index (χ4n) is 4.83. The molecule has 1 aromatic carbocycles. The lowest BCUT2D eigenvalue weighted by Gasteiger charge is -2.47. The van der Waals surface area contributed by atoms with E-state index in [1.165, 1.54) is 0 Å². The van der Waals surface area contributed by atoms with Crippen LogP contribution in [-0.2, 0) is 9.53 Å². The molecule has 6 nitrogen and oxygen atoms in total. The first-order valence-electron chi connectivity index (χ1n) is 10.3. The highest BCUT2D eigenvalue weighted by Gasteiger charge is 2.42. The van der Waals surface area contributed by atoms with E-state index < -0.39 is 0 Å². The molecule has 3 aliphatic heterocycles. The Bertz CT molecular complexity index is 786. The van der Waals surface area contributed by atoms with Gasteiger partial charge in [0, 0.05) is 39.2 Å². The molecule has 0 saturated carbocycles. The molecule has 1 atom stereocenters. The molecule has 6 heteroatoms. The van der Waals surface area contributed by atoms with Crippen molar-refractivity contribution in [3.8, 4) is 6.07 Å². The maximum Gasteiger partial charge on any atom is 0.255 e. The predicted octanol–water partition coefficient (Wildman–Crippen LogP) is 2.58. The molecule has 3 aliphatic rings. The van der Waals surface area contributed by atoms with Crippen LogP contribution in [0.15, 0.2) is 24.3 Å². The lowest BCUT2D eigenvalue weighted by Crippen LogP contribution is -2.53. The average Bonchev–Trinajstić information content (AvgIpc) is 3.24. The minimum atomic E-state index is -0.0601. The standard InChI is InChI=1S/C22H27N3O3/c23-14-17-4-1-2-6-19(17)21(27)24-11-9-22(10-12-24)8-7-20(26)25(16-22)15-18-5-3-13-28-18/h1-2,4,6,18H,3,5,7-13,15-16H2/t18-/m0/s1. The molecule has 3 heterocycles. The molecular formula is C22H27N3O3. The van der Waals surface area contributed by atoms with E-state index in [9.17, 15) is 14.9 Å². The summed E-state index contributed by atoms with van der Waals surface area (Å²) in [5, 5.41) is 9.27. The van der Waals surface area contributed by atoms with Crippen LogP contribution < -0.4 is 0 Å². The highest BCUT2D eigenvalue weighted by molar-refractivity contribution is 5.96. The second-order valence-electron chi connectivity index (χ2n) is 8.36. The summed E-state index contributed by atoms with van der Waals surface area (Å²) in [6.45, 7) is 3.65. The Balaban J connectivity index is 1.39. The number of carbonyl (C=O) groups is 2. The van der Waals surface area contributed by atoms with E-state index in [1.54, 1.807) is 24.3 Å². The number of rotatable bonds is 3. The quantitative estimate of drug-likeness (QED) is 0.807. The monoisotopic (exact) mass is 381 g/mol. The van der Waals surface area contributed by atoms with Gasteiger partial charge in [0.25, 0.3) is 5.91 Å². The summed E-state index contributed by atoms with van der Waals surface area (Å²) in [7, 11) is 0. The third kappa shape index (κ3) is 3.77. The second-order valence-corrected chi connectivity index (χ2v) is 8.36. The normalized spacial score (nSPS) is 24.4. The largest absolute Gasteiger partial charge is 0.376 e. The zero-order valence-corrected chi connectivity index (χ0v) is 16.2. The van der Waals surface area contributed by atoms with Gasteiger partial charge in [0.05, 0.1) is 23.3 Å². The first kappa shape index (κ1) is 18.9. The average molecular weight is 381 g/mol. The molecular weight excluding hydrogens is 354 g/mol. The fraction of sp³-hybridized carbons (Fsp3) is 0.591. The molecule has 2 amide bonds. The number of likely N-dealkylation sites (tertiary alicyclic amines) is 2. The molecule has 28 heavy (non-hydrogen) atoms. The van der Waals surface area contributed by atoms with Crippen molar-refractivity contribution in [2.45, 2.75) is 44.6 Å². The van der Waals surface area contributed by atoms with Crippen LogP contribution in [-0.4, -0.2) is 60.5 Å². The Kier molecular flexibility index (Phi) is 5.36. The minimum absolute atomic E-state index is 0.0601. The Hall–Kier alpha value is -2.39. The van der Waals surface area contributed by atoms with Gasteiger partial charge in [-0.1, -0.05) is 12.1 Å². The number of hydrogen-bond acceptors (Lipinski definition) is 4. The molecule has 1 spiro atoms. The summed E-state index contributed by atoms with van der Waals surface area (Å²) in [4.78, 5) is 29.2. The number of ether oxygens (including phenoxy) is 1. The fourth-order valence-corrected chi connectivity index (χ4v) is 4.83. The Morgan fingerprint density at radius 1 is 1.25 bits per heavy atom. The van der Waals surface area contributed by atoms with Gasteiger partial charge >= 0.3 is 0 Å². The topological polar surface area (TPSA) is 73.6 Å². The summed E-state index contributed by atoms with van der Waals surface area (Å²) in [6.07, 6.45) is 5.62. The van der Waals surface area contributed by atoms with Crippen molar-refractivity contribution in [3.63, 3.8) is 0 Å². The molecule has 148 valence electrons. The molecule has 0 bridgehead atoms. The van der Waals surface area contributed by atoms with Crippen molar-refractivity contribution in [1.29, 1.82) is 5.26 Å². The van der Waals surface area contributed by atoms with Crippen LogP contribution in [0.3, 0.4) is 0 Å². The first-order chi connectivity index (χ1) is 13.6. The van der Waals surface area contributed by atoms with E-state index in [1.807, 2.05) is 9.80 Å². The number of carbonyl (C=O) groups excluding carboxylic acids is 2. The number of amides is 2. The van der Waals surface area contributed by atoms with Gasteiger partial charge in [0.1, 0.15) is 0 Å². The third-order valence-electron chi connectivity index (χ3n) is 6.59. The van der Waals surface area contributed by atoms with Crippen molar-refractivity contribution in [2.24, 2.45) is 5.41 Å². The van der Waals surface area contributed by atoms with Gasteiger partial charge in [0.15, 0.2) is 0 Å². The molecule has 3 fully saturated rings. The maximum absolute atomic E-state index is 12.9. The van der Waals surface area contributed by atoms with Crippen LogP contribution in [0.1, 0.15) is 54.4 Å². The second kappa shape index (κ2) is 7.92. The zero-order chi connectivity index (χ0) is 19.6. The van der Waals surface area contributed by atoms with E-state index in [0.29, 0.717) is 37.2 Å². The Labute approximate surface area is 166 Å². The molecule has 4 rings (SSSR count). The number of nitrogens with zero attached hydrogens (tertiary/aromatic N) is 3. The number of piperidine rings is 2. The van der Waals surface area contributed by atoms with Crippen LogP contribution in [0.25, 0.3) is 0 Å². The smallest absolute Gasteiger partial charge is 0.255 e. The number of hydrogen-bond donors (Lipinski definition) is 0. The highest BCUT2D eigenvalue weighted by Crippen LogP contribution is 2.40. The SMILES string of the molecule is N#Cc1ccccc1C(=O)N1CCC2(CCC(=O)N(C[C@@H]3CCCO3)C2)CC1. The lowest BCUT2D eigenvalue weighted by atomic mass is 9.72. The van der Waals surface area contributed by atoms with E-state index in [-0.39, 0.29) is 23.3 Å². The molecule has 0 N–H and O–H groups in total. The summed E-state index contributed by atoms with van der Waals surface area (Å²) in [6, 6.07) is 9.11. The van der Waals surface area contributed by atoms with Crippen LogP contribution >= 0.6 is 0 Å². The van der Waals surface area contributed by atoms with Crippen molar-refractivity contribution in [3.05, 3.63) is 35.4 Å². The van der Waals surface area contributed by atoms with Gasteiger partial charge < -0.3 is 14.5 Å².